The van der Waals surface area contributed by atoms with Gasteiger partial charge in [0.1, 0.15) is 5.56 Å². The van der Waals surface area contributed by atoms with E-state index < -0.39 is 0 Å². The highest BCUT2D eigenvalue weighted by atomic mass is 16.5. The fourth-order valence-corrected chi connectivity index (χ4v) is 2.18. The van der Waals surface area contributed by atoms with E-state index in [1.807, 2.05) is 11.8 Å². The molecule has 1 aliphatic heterocycles. The molecule has 0 saturated carbocycles. The quantitative estimate of drug-likeness (QED) is 0.816. The molecule has 1 aliphatic rings. The van der Waals surface area contributed by atoms with Crippen LogP contribution >= 0.6 is 0 Å². The highest BCUT2D eigenvalue weighted by molar-refractivity contribution is 5.91. The molecule has 0 aromatic carbocycles. The Bertz CT molecular complexity index is 481. The third-order valence-corrected chi connectivity index (χ3v) is 3.43. The molecule has 0 bridgehead atoms. The lowest BCUT2D eigenvalue weighted by atomic mass is 10.0. The summed E-state index contributed by atoms with van der Waals surface area (Å²) in [6.45, 7) is 8.08. The van der Waals surface area contributed by atoms with Gasteiger partial charge in [-0.25, -0.2) is 14.8 Å². The van der Waals surface area contributed by atoms with Crippen LogP contribution in [0, 0.1) is 13.8 Å². The Balaban J connectivity index is 2.29. The van der Waals surface area contributed by atoms with Crippen molar-refractivity contribution in [1.82, 2.24) is 9.97 Å². The zero-order valence-electron chi connectivity index (χ0n) is 11.7. The van der Waals surface area contributed by atoms with Crippen LogP contribution in [0.4, 0.5) is 5.95 Å². The number of β-amino-alcohol motifs (C(OH)–C–C–N with tert-alkyl or cyclic N) is 1. The van der Waals surface area contributed by atoms with E-state index in [1.54, 1.807) is 20.8 Å². The molecule has 6 nitrogen and oxygen atoms in total. The molecule has 2 heterocycles. The van der Waals surface area contributed by atoms with E-state index in [1.165, 1.54) is 0 Å². The number of hydrogen-bond acceptors (Lipinski definition) is 6. The van der Waals surface area contributed by atoms with Crippen molar-refractivity contribution in [2.75, 3.05) is 18.1 Å². The summed E-state index contributed by atoms with van der Waals surface area (Å²) in [6.07, 6.45) is -0.339. The molecule has 2 rings (SSSR count). The predicted molar refractivity (Wildman–Crippen MR) is 70.3 cm³/mol. The first-order valence-corrected chi connectivity index (χ1v) is 6.42. The van der Waals surface area contributed by atoms with Gasteiger partial charge in [0, 0.05) is 6.54 Å². The van der Waals surface area contributed by atoms with Crippen molar-refractivity contribution >= 4 is 11.9 Å². The number of nitrogens with zero attached hydrogens (tertiary/aromatic N) is 3. The Morgan fingerprint density at radius 1 is 1.42 bits per heavy atom. The van der Waals surface area contributed by atoms with Crippen molar-refractivity contribution in [1.29, 1.82) is 0 Å². The number of aryl methyl sites for hydroxylation is 2. The maximum absolute atomic E-state index is 11.8. The maximum atomic E-state index is 11.8. The molecular weight excluding hydrogens is 246 g/mol. The zero-order valence-corrected chi connectivity index (χ0v) is 11.7. The molecule has 19 heavy (non-hydrogen) atoms. The Labute approximate surface area is 112 Å². The van der Waals surface area contributed by atoms with E-state index >= 15 is 0 Å². The molecule has 0 radical (unpaired) electrons. The Hall–Kier alpha value is -1.69. The van der Waals surface area contributed by atoms with Crippen molar-refractivity contribution in [3.8, 4) is 0 Å². The minimum Gasteiger partial charge on any atom is -0.462 e. The average Bonchev–Trinajstić information content (AvgIpc) is 2.34. The number of hydrogen-bond donors (Lipinski definition) is 1. The number of carbonyl (C=O) groups excluding carboxylic acids is 1. The fourth-order valence-electron chi connectivity index (χ4n) is 2.18. The summed E-state index contributed by atoms with van der Waals surface area (Å²) in [6, 6.07) is 0.00671. The van der Waals surface area contributed by atoms with Gasteiger partial charge >= 0.3 is 5.97 Å². The molecule has 1 saturated heterocycles. The van der Waals surface area contributed by atoms with Crippen molar-refractivity contribution < 1.29 is 14.6 Å². The van der Waals surface area contributed by atoms with E-state index in [0.29, 0.717) is 36.1 Å². The standard InChI is InChI=1S/C13H19N3O3/c1-5-19-12(18)11-7(2)14-13(15-8(11)3)16-6-10(17)9(16)4/h9-10,17H,5-6H2,1-4H3. The van der Waals surface area contributed by atoms with Crippen LogP contribution in [-0.2, 0) is 4.74 Å². The fraction of sp³-hybridized carbons (Fsp3) is 0.615. The summed E-state index contributed by atoms with van der Waals surface area (Å²) >= 11 is 0. The molecule has 0 aliphatic carbocycles. The van der Waals surface area contributed by atoms with Gasteiger partial charge in [-0.05, 0) is 27.7 Å². The third kappa shape index (κ3) is 2.40. The number of esters is 1. The molecular formula is C13H19N3O3. The molecule has 0 amide bonds. The van der Waals surface area contributed by atoms with Crippen LogP contribution < -0.4 is 4.90 Å². The maximum Gasteiger partial charge on any atom is 0.341 e. The number of carbonyl (C=O) groups is 1. The molecule has 2 unspecified atom stereocenters. The van der Waals surface area contributed by atoms with Gasteiger partial charge in [0.25, 0.3) is 0 Å². The Morgan fingerprint density at radius 2 is 2.00 bits per heavy atom. The predicted octanol–water partition coefficient (Wildman–Crippen LogP) is 0.840. The van der Waals surface area contributed by atoms with Crippen molar-refractivity contribution in [3.05, 3.63) is 17.0 Å². The SMILES string of the molecule is CCOC(=O)c1c(C)nc(N2CC(O)C2C)nc1C. The van der Waals surface area contributed by atoms with Crippen molar-refractivity contribution in [3.63, 3.8) is 0 Å². The Kier molecular flexibility index (Phi) is 3.71. The lowest BCUT2D eigenvalue weighted by Gasteiger charge is -2.43. The van der Waals surface area contributed by atoms with Gasteiger partial charge in [-0.1, -0.05) is 0 Å². The van der Waals surface area contributed by atoms with Gasteiger partial charge in [-0.15, -0.1) is 0 Å². The Morgan fingerprint density at radius 3 is 2.42 bits per heavy atom. The van der Waals surface area contributed by atoms with Crippen molar-refractivity contribution in [2.45, 2.75) is 39.8 Å². The molecule has 1 fully saturated rings. The van der Waals surface area contributed by atoms with Crippen LogP contribution in [0.25, 0.3) is 0 Å². The molecule has 2 atom stereocenters. The lowest BCUT2D eigenvalue weighted by molar-refractivity contribution is 0.0523. The van der Waals surface area contributed by atoms with E-state index in [-0.39, 0.29) is 18.1 Å². The minimum atomic E-state index is -0.388. The molecule has 104 valence electrons. The molecule has 0 spiro atoms. The summed E-state index contributed by atoms with van der Waals surface area (Å²) in [5.74, 6) is 0.168. The van der Waals surface area contributed by atoms with Crippen molar-refractivity contribution in [2.24, 2.45) is 0 Å². The van der Waals surface area contributed by atoms with Gasteiger partial charge in [-0.2, -0.15) is 0 Å². The van der Waals surface area contributed by atoms with Gasteiger partial charge in [-0.3, -0.25) is 0 Å². The largest absolute Gasteiger partial charge is 0.462 e. The number of rotatable bonds is 3. The second-order valence-corrected chi connectivity index (χ2v) is 4.75. The second kappa shape index (κ2) is 5.13. The third-order valence-electron chi connectivity index (χ3n) is 3.43. The topological polar surface area (TPSA) is 75.5 Å². The summed E-state index contributed by atoms with van der Waals surface area (Å²) in [4.78, 5) is 22.4. The number of aliphatic hydroxyl groups is 1. The van der Waals surface area contributed by atoms with Crippen LogP contribution in [0.5, 0.6) is 0 Å². The molecule has 1 aromatic heterocycles. The van der Waals surface area contributed by atoms with Crippen LogP contribution in [0.1, 0.15) is 35.6 Å². The minimum absolute atomic E-state index is 0.00671. The van der Waals surface area contributed by atoms with Crippen LogP contribution in [0.15, 0.2) is 0 Å². The summed E-state index contributed by atoms with van der Waals surface area (Å²) in [5.41, 5.74) is 1.64. The average molecular weight is 265 g/mol. The van der Waals surface area contributed by atoms with Crippen LogP contribution in [0.2, 0.25) is 0 Å². The van der Waals surface area contributed by atoms with Gasteiger partial charge in [0.2, 0.25) is 5.95 Å². The lowest BCUT2D eigenvalue weighted by Crippen LogP contribution is -2.59. The van der Waals surface area contributed by atoms with E-state index in [0.717, 1.165) is 0 Å². The number of ether oxygens (including phenoxy) is 1. The second-order valence-electron chi connectivity index (χ2n) is 4.75. The highest BCUT2D eigenvalue weighted by Gasteiger charge is 2.36. The smallest absolute Gasteiger partial charge is 0.341 e. The molecule has 6 heteroatoms. The first kappa shape index (κ1) is 13.7. The summed E-state index contributed by atoms with van der Waals surface area (Å²) in [7, 11) is 0. The summed E-state index contributed by atoms with van der Waals surface area (Å²) < 4.78 is 5.00. The summed E-state index contributed by atoms with van der Waals surface area (Å²) in [5, 5.41) is 9.53. The number of aromatic nitrogens is 2. The number of anilines is 1. The van der Waals surface area contributed by atoms with Crippen LogP contribution in [0.3, 0.4) is 0 Å². The van der Waals surface area contributed by atoms with Gasteiger partial charge in [0.15, 0.2) is 0 Å². The monoisotopic (exact) mass is 265 g/mol. The van der Waals surface area contributed by atoms with E-state index in [2.05, 4.69) is 9.97 Å². The highest BCUT2D eigenvalue weighted by Crippen LogP contribution is 2.25. The van der Waals surface area contributed by atoms with Crippen LogP contribution in [-0.4, -0.2) is 46.3 Å². The zero-order chi connectivity index (χ0) is 14.2. The first-order valence-electron chi connectivity index (χ1n) is 6.42. The molecule has 1 N–H and O–H groups in total. The van der Waals surface area contributed by atoms with Gasteiger partial charge in [0.05, 0.1) is 30.1 Å². The molecule has 1 aromatic rings. The number of aliphatic hydroxyl groups excluding tert-OH is 1. The normalized spacial score (nSPS) is 22.1. The van der Waals surface area contributed by atoms with E-state index in [9.17, 15) is 9.90 Å². The first-order chi connectivity index (χ1) is 8.95. The van der Waals surface area contributed by atoms with E-state index in [4.69, 9.17) is 4.74 Å². The van der Waals surface area contributed by atoms with Gasteiger partial charge < -0.3 is 14.7 Å².